The van der Waals surface area contributed by atoms with E-state index in [1.54, 1.807) is 18.2 Å². The van der Waals surface area contributed by atoms with Crippen LogP contribution in [0.3, 0.4) is 0 Å². The van der Waals surface area contributed by atoms with E-state index in [4.69, 9.17) is 16.3 Å². The maximum Gasteiger partial charge on any atom is 0.329 e. The summed E-state index contributed by atoms with van der Waals surface area (Å²) in [5.41, 5.74) is 1.92. The zero-order valence-corrected chi connectivity index (χ0v) is 14.7. The van der Waals surface area contributed by atoms with E-state index >= 15 is 0 Å². The first-order valence-corrected chi connectivity index (χ1v) is 8.38. The van der Waals surface area contributed by atoms with Gasteiger partial charge in [0.05, 0.1) is 0 Å². The van der Waals surface area contributed by atoms with Crippen LogP contribution < -0.4 is 10.1 Å². The van der Waals surface area contributed by atoms with Crippen molar-refractivity contribution in [2.75, 3.05) is 6.54 Å². The predicted octanol–water partition coefficient (Wildman–Crippen LogP) is 4.00. The van der Waals surface area contributed by atoms with Crippen molar-refractivity contribution in [2.45, 2.75) is 6.61 Å². The van der Waals surface area contributed by atoms with Crippen LogP contribution in [0.2, 0.25) is 5.02 Å². The first kappa shape index (κ1) is 17.8. The molecule has 5 nitrogen and oxygen atoms in total. The predicted molar refractivity (Wildman–Crippen MR) is 101 cm³/mol. The lowest BCUT2D eigenvalue weighted by atomic mass is 10.2. The number of imide groups is 1. The number of carbonyl (C=O) groups is 2. The minimum absolute atomic E-state index is 0.177. The summed E-state index contributed by atoms with van der Waals surface area (Å²) in [6, 6.07) is 14.3. The largest absolute Gasteiger partial charge is 0.489 e. The van der Waals surface area contributed by atoms with E-state index in [0.717, 1.165) is 16.0 Å². The molecule has 6 heteroatoms. The average molecular weight is 369 g/mol. The Morgan fingerprint density at radius 3 is 2.54 bits per heavy atom. The average Bonchev–Trinajstić information content (AvgIpc) is 2.90. The van der Waals surface area contributed by atoms with E-state index in [0.29, 0.717) is 17.4 Å². The molecule has 0 bridgehead atoms. The molecule has 1 heterocycles. The lowest BCUT2D eigenvalue weighted by Gasteiger charge is -2.08. The Labute approximate surface area is 156 Å². The number of urea groups is 1. The second-order valence-electron chi connectivity index (χ2n) is 5.64. The van der Waals surface area contributed by atoms with Gasteiger partial charge in [-0.15, -0.1) is 6.58 Å². The number of halogens is 1. The van der Waals surface area contributed by atoms with Crippen LogP contribution in [0.15, 0.2) is 66.9 Å². The molecule has 0 aromatic heterocycles. The minimum Gasteiger partial charge on any atom is -0.489 e. The smallest absolute Gasteiger partial charge is 0.329 e. The molecule has 1 aliphatic rings. The van der Waals surface area contributed by atoms with Crippen LogP contribution in [0.4, 0.5) is 4.79 Å². The molecule has 26 heavy (non-hydrogen) atoms. The van der Waals surface area contributed by atoms with Gasteiger partial charge >= 0.3 is 6.03 Å². The normalized spacial score (nSPS) is 15.3. The first-order valence-electron chi connectivity index (χ1n) is 8.00. The second kappa shape index (κ2) is 7.89. The van der Waals surface area contributed by atoms with Gasteiger partial charge in [0.25, 0.3) is 5.91 Å². The van der Waals surface area contributed by atoms with Gasteiger partial charge in [0.1, 0.15) is 18.1 Å². The Bertz CT molecular complexity index is 875. The summed E-state index contributed by atoms with van der Waals surface area (Å²) in [5, 5.41) is 3.22. The first-order chi connectivity index (χ1) is 12.6. The lowest BCUT2D eigenvalue weighted by molar-refractivity contribution is -0.122. The van der Waals surface area contributed by atoms with E-state index in [1.807, 2.05) is 36.4 Å². The quantitative estimate of drug-likeness (QED) is 0.476. The van der Waals surface area contributed by atoms with E-state index in [2.05, 4.69) is 11.9 Å². The molecule has 1 saturated heterocycles. The molecule has 132 valence electrons. The van der Waals surface area contributed by atoms with Crippen molar-refractivity contribution in [3.8, 4) is 5.75 Å². The molecule has 0 radical (unpaired) electrons. The summed E-state index contributed by atoms with van der Waals surface area (Å²) >= 11 is 6.11. The molecule has 2 aromatic rings. The summed E-state index contributed by atoms with van der Waals surface area (Å²) < 4.78 is 5.72. The molecular formula is C20H17ClN2O3. The summed E-state index contributed by atoms with van der Waals surface area (Å²) in [7, 11) is 0. The highest BCUT2D eigenvalue weighted by molar-refractivity contribution is 6.31. The fourth-order valence-corrected chi connectivity index (χ4v) is 2.66. The lowest BCUT2D eigenvalue weighted by Crippen LogP contribution is -2.30. The minimum atomic E-state index is -0.444. The van der Waals surface area contributed by atoms with Crippen LogP contribution in [-0.4, -0.2) is 23.4 Å². The van der Waals surface area contributed by atoms with Crippen molar-refractivity contribution in [2.24, 2.45) is 0 Å². The number of benzene rings is 2. The van der Waals surface area contributed by atoms with Crippen LogP contribution in [0, 0.1) is 0 Å². The van der Waals surface area contributed by atoms with Crippen molar-refractivity contribution < 1.29 is 14.3 Å². The Morgan fingerprint density at radius 1 is 1.12 bits per heavy atom. The maximum atomic E-state index is 12.2. The number of carbonyl (C=O) groups excluding carboxylic acids is 2. The fourth-order valence-electron chi connectivity index (χ4n) is 2.47. The Balaban J connectivity index is 1.66. The fraction of sp³-hybridized carbons (Fsp3) is 0.100. The number of rotatable bonds is 6. The van der Waals surface area contributed by atoms with Crippen LogP contribution in [0.25, 0.3) is 6.08 Å². The summed E-state index contributed by atoms with van der Waals surface area (Å²) in [5.74, 6) is 0.316. The Kier molecular flexibility index (Phi) is 5.39. The second-order valence-corrected chi connectivity index (χ2v) is 6.05. The number of nitrogens with one attached hydrogen (secondary N) is 1. The van der Waals surface area contributed by atoms with Crippen molar-refractivity contribution in [3.05, 3.63) is 83.0 Å². The van der Waals surface area contributed by atoms with Gasteiger partial charge in [0.2, 0.25) is 0 Å². The molecule has 0 saturated carbocycles. The van der Waals surface area contributed by atoms with Gasteiger partial charge in [-0.1, -0.05) is 48.0 Å². The van der Waals surface area contributed by atoms with Crippen molar-refractivity contribution in [3.63, 3.8) is 0 Å². The number of ether oxygens (including phenoxy) is 1. The summed E-state index contributed by atoms with van der Waals surface area (Å²) in [6.07, 6.45) is 3.13. The van der Waals surface area contributed by atoms with Crippen LogP contribution in [0.1, 0.15) is 11.1 Å². The Morgan fingerprint density at radius 2 is 1.85 bits per heavy atom. The van der Waals surface area contributed by atoms with Gasteiger partial charge < -0.3 is 10.1 Å². The molecule has 0 atom stereocenters. The molecule has 0 unspecified atom stereocenters. The highest BCUT2D eigenvalue weighted by Gasteiger charge is 2.32. The van der Waals surface area contributed by atoms with Gasteiger partial charge in [-0.25, -0.2) is 4.79 Å². The van der Waals surface area contributed by atoms with Gasteiger partial charge in [-0.3, -0.25) is 9.69 Å². The zero-order chi connectivity index (χ0) is 18.5. The van der Waals surface area contributed by atoms with Gasteiger partial charge in [-0.05, 0) is 29.8 Å². The van der Waals surface area contributed by atoms with Crippen LogP contribution in [-0.2, 0) is 11.4 Å². The van der Waals surface area contributed by atoms with Gasteiger partial charge in [0.15, 0.2) is 0 Å². The molecule has 1 fully saturated rings. The maximum absolute atomic E-state index is 12.2. The molecule has 3 amide bonds. The van der Waals surface area contributed by atoms with Gasteiger partial charge in [0, 0.05) is 17.1 Å². The third-order valence-corrected chi connectivity index (χ3v) is 4.19. The van der Waals surface area contributed by atoms with Crippen molar-refractivity contribution in [1.29, 1.82) is 0 Å². The molecular weight excluding hydrogens is 352 g/mol. The highest BCUT2D eigenvalue weighted by Crippen LogP contribution is 2.20. The molecule has 0 aliphatic carbocycles. The topological polar surface area (TPSA) is 58.6 Å². The van der Waals surface area contributed by atoms with E-state index in [9.17, 15) is 9.59 Å². The number of nitrogens with zero attached hydrogens (tertiary/aromatic N) is 1. The van der Waals surface area contributed by atoms with E-state index < -0.39 is 6.03 Å². The monoisotopic (exact) mass is 368 g/mol. The van der Waals surface area contributed by atoms with E-state index in [-0.39, 0.29) is 18.1 Å². The number of hydrogen-bond donors (Lipinski definition) is 1. The molecule has 2 aromatic carbocycles. The number of hydrogen-bond acceptors (Lipinski definition) is 3. The standard InChI is InChI=1S/C20H17ClN2O3/c1-2-11-23-19(24)18(22-20(23)25)12-14-7-9-16(10-8-14)26-13-15-5-3-4-6-17(15)21/h2-10,12H,1,11,13H2,(H,22,25)/b18-12+. The third-order valence-electron chi connectivity index (χ3n) is 3.82. The SMILES string of the molecule is C=CCN1C(=O)N/C(=C/c2ccc(OCc3ccccc3Cl)cc2)C1=O. The van der Waals surface area contributed by atoms with Crippen LogP contribution in [0.5, 0.6) is 5.75 Å². The Hall–Kier alpha value is -3.05. The zero-order valence-electron chi connectivity index (χ0n) is 13.9. The van der Waals surface area contributed by atoms with E-state index in [1.165, 1.54) is 6.08 Å². The highest BCUT2D eigenvalue weighted by atomic mass is 35.5. The molecule has 0 spiro atoms. The summed E-state index contributed by atoms with van der Waals surface area (Å²) in [6.45, 7) is 4.08. The van der Waals surface area contributed by atoms with Gasteiger partial charge in [-0.2, -0.15) is 0 Å². The van der Waals surface area contributed by atoms with Crippen molar-refractivity contribution in [1.82, 2.24) is 10.2 Å². The van der Waals surface area contributed by atoms with Crippen molar-refractivity contribution >= 4 is 29.6 Å². The summed E-state index contributed by atoms with van der Waals surface area (Å²) in [4.78, 5) is 25.0. The molecule has 1 N–H and O–H groups in total. The molecule has 3 rings (SSSR count). The third kappa shape index (κ3) is 3.95. The van der Waals surface area contributed by atoms with Crippen LogP contribution >= 0.6 is 11.6 Å². The molecule has 1 aliphatic heterocycles. The number of amides is 3.